The van der Waals surface area contributed by atoms with Crippen molar-refractivity contribution in [1.29, 1.82) is 0 Å². The van der Waals surface area contributed by atoms with Crippen LogP contribution in [0.5, 0.6) is 0 Å². The molecule has 0 heterocycles. The van der Waals surface area contributed by atoms with Crippen LogP contribution in [0.4, 0.5) is 0 Å². The molecule has 0 amide bonds. The second kappa shape index (κ2) is 10.6. The molecule has 1 aromatic rings. The van der Waals surface area contributed by atoms with E-state index in [1.165, 1.54) is 38.5 Å². The first-order valence-electron chi connectivity index (χ1n) is 8.93. The molecule has 2 unspecified atom stereocenters. The molecule has 1 rings (SSSR count). The van der Waals surface area contributed by atoms with Gasteiger partial charge in [-0.25, -0.2) is 0 Å². The lowest BCUT2D eigenvalue weighted by Crippen LogP contribution is -2.40. The van der Waals surface area contributed by atoms with Crippen molar-refractivity contribution in [2.45, 2.75) is 70.5 Å². The van der Waals surface area contributed by atoms with Crippen molar-refractivity contribution in [1.82, 2.24) is 0 Å². The maximum Gasteiger partial charge on any atom is 0.116 e. The first-order chi connectivity index (χ1) is 11.1. The fraction of sp³-hybridized carbons (Fsp3) is 0.619. The molecule has 0 bridgehead atoms. The van der Waals surface area contributed by atoms with E-state index in [0.29, 0.717) is 0 Å². The van der Waals surface area contributed by atoms with Gasteiger partial charge < -0.3 is 9.47 Å². The van der Waals surface area contributed by atoms with E-state index in [2.05, 4.69) is 44.7 Å². The fourth-order valence-electron chi connectivity index (χ4n) is 3.11. The molecule has 0 saturated carbocycles. The van der Waals surface area contributed by atoms with Gasteiger partial charge in [0.25, 0.3) is 0 Å². The van der Waals surface area contributed by atoms with Gasteiger partial charge >= 0.3 is 0 Å². The smallest absolute Gasteiger partial charge is 0.116 e. The molecule has 0 spiro atoms. The van der Waals surface area contributed by atoms with Crippen molar-refractivity contribution >= 4 is 6.08 Å². The lowest BCUT2D eigenvalue weighted by molar-refractivity contribution is -0.115. The first-order valence-corrected chi connectivity index (χ1v) is 8.93. The minimum absolute atomic E-state index is 0.0632. The molecule has 2 heteroatoms. The molecule has 0 N–H and O–H groups in total. The molecule has 130 valence electrons. The molecule has 1 aromatic carbocycles. The monoisotopic (exact) mass is 318 g/mol. The van der Waals surface area contributed by atoms with E-state index in [1.54, 1.807) is 14.2 Å². The third-order valence-corrected chi connectivity index (χ3v) is 4.86. The van der Waals surface area contributed by atoms with E-state index >= 15 is 0 Å². The summed E-state index contributed by atoms with van der Waals surface area (Å²) in [6.07, 6.45) is 10.7. The van der Waals surface area contributed by atoms with Crippen molar-refractivity contribution in [3.05, 3.63) is 42.0 Å². The highest BCUT2D eigenvalue weighted by Crippen LogP contribution is 2.33. The van der Waals surface area contributed by atoms with Gasteiger partial charge in [-0.15, -0.1) is 0 Å². The van der Waals surface area contributed by atoms with Crippen LogP contribution in [-0.4, -0.2) is 20.3 Å². The second-order valence-corrected chi connectivity index (χ2v) is 6.42. The number of methoxy groups -OCH3 is 2. The summed E-state index contributed by atoms with van der Waals surface area (Å²) in [6.45, 7) is 8.19. The van der Waals surface area contributed by atoms with Crippen molar-refractivity contribution in [2.75, 3.05) is 14.2 Å². The zero-order chi connectivity index (χ0) is 17.1. The second-order valence-electron chi connectivity index (χ2n) is 6.42. The van der Waals surface area contributed by atoms with E-state index in [1.807, 2.05) is 6.08 Å². The fourth-order valence-corrected chi connectivity index (χ4v) is 3.11. The number of rotatable bonds is 12. The lowest BCUT2D eigenvalue weighted by atomic mass is 9.86. The number of hydrogen-bond acceptors (Lipinski definition) is 2. The van der Waals surface area contributed by atoms with Crippen molar-refractivity contribution < 1.29 is 9.47 Å². The molecule has 0 radical (unpaired) electrons. The van der Waals surface area contributed by atoms with E-state index < -0.39 is 5.60 Å². The lowest BCUT2D eigenvalue weighted by Gasteiger charge is -2.36. The van der Waals surface area contributed by atoms with E-state index in [4.69, 9.17) is 9.47 Å². The predicted octanol–water partition coefficient (Wildman–Crippen LogP) is 5.96. The van der Waals surface area contributed by atoms with Gasteiger partial charge in [0.2, 0.25) is 0 Å². The van der Waals surface area contributed by atoms with Crippen LogP contribution in [-0.2, 0) is 15.1 Å². The molecular formula is C21H34O2. The van der Waals surface area contributed by atoms with Crippen LogP contribution < -0.4 is 0 Å². The largest absolute Gasteiger partial charge is 0.378 e. The molecule has 2 nitrogen and oxygen atoms in total. The summed E-state index contributed by atoms with van der Waals surface area (Å²) in [6, 6.07) is 8.40. The quantitative estimate of drug-likeness (QED) is 0.443. The van der Waals surface area contributed by atoms with Crippen molar-refractivity contribution in [2.24, 2.45) is 0 Å². The van der Waals surface area contributed by atoms with E-state index in [-0.39, 0.29) is 6.10 Å². The van der Waals surface area contributed by atoms with Crippen LogP contribution in [0.15, 0.2) is 30.8 Å². The Morgan fingerprint density at radius 1 is 1.04 bits per heavy atom. The Labute approximate surface area is 142 Å². The van der Waals surface area contributed by atoms with Gasteiger partial charge in [0, 0.05) is 14.2 Å². The summed E-state index contributed by atoms with van der Waals surface area (Å²) in [4.78, 5) is 0. The summed E-state index contributed by atoms with van der Waals surface area (Å²) in [5.74, 6) is 0. The molecule has 0 aliphatic rings. The van der Waals surface area contributed by atoms with Crippen LogP contribution in [0.3, 0.4) is 0 Å². The summed E-state index contributed by atoms with van der Waals surface area (Å²) in [7, 11) is 3.56. The Hall–Kier alpha value is -1.12. The van der Waals surface area contributed by atoms with Crippen LogP contribution in [0.1, 0.15) is 69.9 Å². The minimum atomic E-state index is -0.419. The number of unbranched alkanes of at least 4 members (excludes halogenated alkanes) is 5. The summed E-state index contributed by atoms with van der Waals surface area (Å²) in [5, 5.41) is 0. The Morgan fingerprint density at radius 2 is 1.65 bits per heavy atom. The summed E-state index contributed by atoms with van der Waals surface area (Å²) < 4.78 is 11.7. The van der Waals surface area contributed by atoms with Gasteiger partial charge in [-0.3, -0.25) is 0 Å². The normalized spacial score (nSPS) is 15.1. The molecular weight excluding hydrogens is 284 g/mol. The zero-order valence-electron chi connectivity index (χ0n) is 15.4. The highest BCUT2D eigenvalue weighted by molar-refractivity contribution is 5.47. The number of ether oxygens (including phenoxy) is 2. The van der Waals surface area contributed by atoms with Crippen LogP contribution >= 0.6 is 0 Å². The molecule has 0 saturated heterocycles. The Bertz CT molecular complexity index is 438. The van der Waals surface area contributed by atoms with Crippen LogP contribution in [0.25, 0.3) is 6.08 Å². The Kier molecular flexibility index (Phi) is 9.20. The Balaban J connectivity index is 2.67. The van der Waals surface area contributed by atoms with Crippen molar-refractivity contribution in [3.63, 3.8) is 0 Å². The average Bonchev–Trinajstić information content (AvgIpc) is 2.60. The molecule has 23 heavy (non-hydrogen) atoms. The van der Waals surface area contributed by atoms with Gasteiger partial charge in [-0.05, 0) is 24.5 Å². The standard InChI is InChI=1S/C21H34O2/c1-6-8-9-10-11-12-13-20(22-4)21(3,23-5)19-16-14-18(7-2)15-17-19/h7,14-17,20H,2,6,8-13H2,1,3-5H3. The van der Waals surface area contributed by atoms with E-state index in [0.717, 1.165) is 17.5 Å². The van der Waals surface area contributed by atoms with E-state index in [9.17, 15) is 0 Å². The highest BCUT2D eigenvalue weighted by Gasteiger charge is 2.36. The van der Waals surface area contributed by atoms with Gasteiger partial charge in [-0.1, -0.05) is 82.4 Å². The molecule has 0 aromatic heterocycles. The number of benzene rings is 1. The average molecular weight is 319 g/mol. The van der Waals surface area contributed by atoms with Gasteiger partial charge in [0.05, 0.1) is 6.10 Å². The van der Waals surface area contributed by atoms with Crippen molar-refractivity contribution in [3.8, 4) is 0 Å². The first kappa shape index (κ1) is 19.9. The topological polar surface area (TPSA) is 18.5 Å². The zero-order valence-corrected chi connectivity index (χ0v) is 15.4. The van der Waals surface area contributed by atoms with Crippen LogP contribution in [0.2, 0.25) is 0 Å². The SMILES string of the molecule is C=Cc1ccc(C(C)(OC)C(CCCCCCCC)OC)cc1. The predicted molar refractivity (Wildman–Crippen MR) is 99.7 cm³/mol. The number of hydrogen-bond donors (Lipinski definition) is 0. The maximum atomic E-state index is 5.90. The summed E-state index contributed by atoms with van der Waals surface area (Å²) in [5.41, 5.74) is 1.86. The Morgan fingerprint density at radius 3 is 2.17 bits per heavy atom. The van der Waals surface area contributed by atoms with Crippen LogP contribution in [0, 0.1) is 0 Å². The molecule has 0 aliphatic carbocycles. The highest BCUT2D eigenvalue weighted by atomic mass is 16.5. The minimum Gasteiger partial charge on any atom is -0.378 e. The van der Waals surface area contributed by atoms with Gasteiger partial charge in [0.15, 0.2) is 0 Å². The third kappa shape index (κ3) is 5.78. The third-order valence-electron chi connectivity index (χ3n) is 4.86. The maximum absolute atomic E-state index is 5.90. The molecule has 0 aliphatic heterocycles. The molecule has 2 atom stereocenters. The molecule has 0 fully saturated rings. The van der Waals surface area contributed by atoms with Gasteiger partial charge in [0.1, 0.15) is 5.60 Å². The van der Waals surface area contributed by atoms with Gasteiger partial charge in [-0.2, -0.15) is 0 Å². The summed E-state index contributed by atoms with van der Waals surface area (Å²) >= 11 is 0.